The second-order valence-corrected chi connectivity index (χ2v) is 5.10. The molecule has 0 radical (unpaired) electrons. The maximum atomic E-state index is 12.4. The molecule has 0 fully saturated rings. The van der Waals surface area contributed by atoms with E-state index in [1.807, 2.05) is 12.1 Å². The summed E-state index contributed by atoms with van der Waals surface area (Å²) in [5.41, 5.74) is 3.26. The van der Waals surface area contributed by atoms with Gasteiger partial charge >= 0.3 is 0 Å². The van der Waals surface area contributed by atoms with Crippen LogP contribution in [0.5, 0.6) is 5.75 Å². The highest BCUT2D eigenvalue weighted by Crippen LogP contribution is 2.31. The highest BCUT2D eigenvalue weighted by molar-refractivity contribution is 6.00. The van der Waals surface area contributed by atoms with Crippen LogP contribution in [0.3, 0.4) is 0 Å². The predicted molar refractivity (Wildman–Crippen MR) is 71.1 cm³/mol. The molecular formula is C16H18O2. The Labute approximate surface area is 108 Å². The number of para-hydroxylation sites is 1. The lowest BCUT2D eigenvalue weighted by Gasteiger charge is -2.13. The lowest BCUT2D eigenvalue weighted by Crippen LogP contribution is -2.05. The first-order valence-corrected chi connectivity index (χ1v) is 6.80. The normalized spacial score (nSPS) is 17.9. The quantitative estimate of drug-likeness (QED) is 0.597. The Morgan fingerprint density at radius 2 is 2.17 bits per heavy atom. The molecule has 0 unspecified atom stereocenters. The number of rotatable bonds is 3. The summed E-state index contributed by atoms with van der Waals surface area (Å²) in [5.74, 6) is 1.04. The van der Waals surface area contributed by atoms with Gasteiger partial charge in [-0.2, -0.15) is 0 Å². The lowest BCUT2D eigenvalue weighted by atomic mass is 9.93. The van der Waals surface area contributed by atoms with Gasteiger partial charge in [-0.25, -0.2) is 0 Å². The van der Waals surface area contributed by atoms with Gasteiger partial charge in [-0.3, -0.25) is 4.79 Å². The lowest BCUT2D eigenvalue weighted by molar-refractivity contribution is 0.0988. The Bertz CT molecular complexity index is 500. The van der Waals surface area contributed by atoms with E-state index in [9.17, 15) is 4.79 Å². The predicted octanol–water partition coefficient (Wildman–Crippen LogP) is 3.69. The van der Waals surface area contributed by atoms with Crippen molar-refractivity contribution in [2.75, 3.05) is 6.61 Å². The summed E-state index contributed by atoms with van der Waals surface area (Å²) in [6.45, 7) is 0.711. The third kappa shape index (κ3) is 2.20. The Morgan fingerprint density at radius 3 is 3.00 bits per heavy atom. The van der Waals surface area contributed by atoms with Crippen molar-refractivity contribution >= 4 is 5.78 Å². The Balaban J connectivity index is 1.80. The monoisotopic (exact) mass is 242 g/mol. The Morgan fingerprint density at radius 1 is 1.22 bits per heavy atom. The van der Waals surface area contributed by atoms with Crippen LogP contribution >= 0.6 is 0 Å². The molecule has 0 atom stereocenters. The molecule has 0 spiro atoms. The van der Waals surface area contributed by atoms with Gasteiger partial charge < -0.3 is 4.74 Å². The average molecular weight is 242 g/mol. The molecule has 94 valence electrons. The Hall–Kier alpha value is -1.57. The molecule has 2 nitrogen and oxygen atoms in total. The molecule has 0 saturated carbocycles. The molecule has 1 aromatic rings. The summed E-state index contributed by atoms with van der Waals surface area (Å²) >= 11 is 0. The van der Waals surface area contributed by atoms with Gasteiger partial charge in [0, 0.05) is 12.8 Å². The van der Waals surface area contributed by atoms with E-state index in [2.05, 4.69) is 12.1 Å². The van der Waals surface area contributed by atoms with Gasteiger partial charge in [0.25, 0.3) is 0 Å². The zero-order chi connectivity index (χ0) is 12.4. The molecule has 1 heterocycles. The highest BCUT2D eigenvalue weighted by Gasteiger charge is 2.21. The van der Waals surface area contributed by atoms with Crippen molar-refractivity contribution in [2.24, 2.45) is 0 Å². The molecule has 18 heavy (non-hydrogen) atoms. The largest absolute Gasteiger partial charge is 0.492 e. The minimum absolute atomic E-state index is 0.210. The number of Topliss-reactive ketones (excluding diaryl/α,β-unsaturated/α-hetero) is 1. The van der Waals surface area contributed by atoms with E-state index in [0.717, 1.165) is 30.6 Å². The van der Waals surface area contributed by atoms with Gasteiger partial charge in [-0.1, -0.05) is 23.8 Å². The maximum absolute atomic E-state index is 12.4. The topological polar surface area (TPSA) is 26.3 Å². The van der Waals surface area contributed by atoms with Gasteiger partial charge in [0.05, 0.1) is 12.2 Å². The highest BCUT2D eigenvalue weighted by atomic mass is 16.5. The third-order valence-corrected chi connectivity index (χ3v) is 3.79. The number of allylic oxidation sites excluding steroid dienone is 2. The molecule has 0 N–H and O–H groups in total. The van der Waals surface area contributed by atoms with Gasteiger partial charge in [0.2, 0.25) is 0 Å². The standard InChI is InChI=1S/C16H18O2/c17-15(11-12-5-2-1-3-6-12)14-8-4-7-13-9-10-18-16(13)14/h4-5,7-8H,1-3,6,9-11H2. The van der Waals surface area contributed by atoms with E-state index in [1.54, 1.807) is 0 Å². The summed E-state index contributed by atoms with van der Waals surface area (Å²) < 4.78 is 5.60. The van der Waals surface area contributed by atoms with Crippen molar-refractivity contribution in [2.45, 2.75) is 38.5 Å². The first kappa shape index (κ1) is 11.5. The molecule has 0 amide bonds. The van der Waals surface area contributed by atoms with Crippen LogP contribution < -0.4 is 4.74 Å². The molecule has 0 bridgehead atoms. The molecule has 2 heteroatoms. The molecule has 3 rings (SSSR count). The van der Waals surface area contributed by atoms with E-state index in [1.165, 1.54) is 24.0 Å². The van der Waals surface area contributed by atoms with Crippen LogP contribution in [0, 0.1) is 0 Å². The molecule has 1 aliphatic heterocycles. The fourth-order valence-corrected chi connectivity index (χ4v) is 2.80. The van der Waals surface area contributed by atoms with Crippen LogP contribution in [0.15, 0.2) is 29.8 Å². The van der Waals surface area contributed by atoms with Crippen LogP contribution in [0.1, 0.15) is 48.0 Å². The zero-order valence-electron chi connectivity index (χ0n) is 10.6. The molecule has 1 aliphatic carbocycles. The van der Waals surface area contributed by atoms with Crippen LogP contribution in [0.25, 0.3) is 0 Å². The van der Waals surface area contributed by atoms with Crippen molar-refractivity contribution in [1.82, 2.24) is 0 Å². The van der Waals surface area contributed by atoms with Crippen molar-refractivity contribution in [3.05, 3.63) is 41.0 Å². The number of benzene rings is 1. The van der Waals surface area contributed by atoms with Crippen molar-refractivity contribution < 1.29 is 9.53 Å². The second kappa shape index (κ2) is 4.97. The van der Waals surface area contributed by atoms with E-state index in [4.69, 9.17) is 4.74 Å². The SMILES string of the molecule is O=C(CC1=CCCCC1)c1cccc2c1OCC2. The minimum Gasteiger partial charge on any atom is -0.492 e. The molecule has 1 aromatic carbocycles. The number of hydrogen-bond donors (Lipinski definition) is 0. The molecule has 2 aliphatic rings. The second-order valence-electron chi connectivity index (χ2n) is 5.10. The van der Waals surface area contributed by atoms with Gasteiger partial charge in [-0.15, -0.1) is 0 Å². The summed E-state index contributed by atoms with van der Waals surface area (Å²) in [7, 11) is 0. The van der Waals surface area contributed by atoms with Crippen LogP contribution in [0.4, 0.5) is 0 Å². The first-order valence-electron chi connectivity index (χ1n) is 6.80. The van der Waals surface area contributed by atoms with Crippen LogP contribution in [-0.2, 0) is 6.42 Å². The van der Waals surface area contributed by atoms with E-state index in [-0.39, 0.29) is 5.78 Å². The summed E-state index contributed by atoms with van der Waals surface area (Å²) in [6.07, 6.45) is 8.45. The molecule has 0 aromatic heterocycles. The average Bonchev–Trinajstić information content (AvgIpc) is 2.87. The summed E-state index contributed by atoms with van der Waals surface area (Å²) in [5, 5.41) is 0. The number of hydrogen-bond acceptors (Lipinski definition) is 2. The van der Waals surface area contributed by atoms with Crippen molar-refractivity contribution in [3.63, 3.8) is 0 Å². The summed E-state index contributed by atoms with van der Waals surface area (Å²) in [4.78, 5) is 12.4. The fraction of sp³-hybridized carbons (Fsp3) is 0.438. The fourth-order valence-electron chi connectivity index (χ4n) is 2.80. The van der Waals surface area contributed by atoms with Crippen molar-refractivity contribution in [1.29, 1.82) is 0 Å². The number of carbonyl (C=O) groups is 1. The van der Waals surface area contributed by atoms with Gasteiger partial charge in [0.15, 0.2) is 5.78 Å². The van der Waals surface area contributed by atoms with Crippen LogP contribution in [0.2, 0.25) is 0 Å². The maximum Gasteiger partial charge on any atom is 0.170 e. The zero-order valence-corrected chi connectivity index (χ0v) is 10.6. The van der Waals surface area contributed by atoms with Crippen molar-refractivity contribution in [3.8, 4) is 5.75 Å². The smallest absolute Gasteiger partial charge is 0.170 e. The van der Waals surface area contributed by atoms with Gasteiger partial charge in [0.1, 0.15) is 5.75 Å². The number of ketones is 1. The number of carbonyl (C=O) groups excluding carboxylic acids is 1. The van der Waals surface area contributed by atoms with Crippen LogP contribution in [-0.4, -0.2) is 12.4 Å². The molecule has 0 saturated heterocycles. The third-order valence-electron chi connectivity index (χ3n) is 3.79. The summed E-state index contributed by atoms with van der Waals surface area (Å²) in [6, 6.07) is 5.92. The number of ether oxygens (including phenoxy) is 1. The first-order chi connectivity index (χ1) is 8.84. The van der Waals surface area contributed by atoms with E-state index >= 15 is 0 Å². The van der Waals surface area contributed by atoms with Gasteiger partial charge in [-0.05, 0) is 37.3 Å². The van der Waals surface area contributed by atoms with E-state index in [0.29, 0.717) is 13.0 Å². The van der Waals surface area contributed by atoms with E-state index < -0.39 is 0 Å². The minimum atomic E-state index is 0.210. The number of fused-ring (bicyclic) bond motifs is 1. The Kier molecular flexibility index (Phi) is 3.18. The molecular weight excluding hydrogens is 224 g/mol.